The van der Waals surface area contributed by atoms with E-state index in [4.69, 9.17) is 16.3 Å². The van der Waals surface area contributed by atoms with Gasteiger partial charge in [-0.05, 0) is 42.3 Å². The number of amides is 2. The van der Waals surface area contributed by atoms with Gasteiger partial charge >= 0.3 is 5.97 Å². The molecule has 0 fully saturated rings. The van der Waals surface area contributed by atoms with Crippen molar-refractivity contribution in [3.05, 3.63) is 77.6 Å². The van der Waals surface area contributed by atoms with Crippen LogP contribution in [0.3, 0.4) is 0 Å². The molecular weight excluding hydrogens is 510 g/mol. The number of nitrogens with zero attached hydrogens (tertiary/aromatic N) is 1. The SMILES string of the molecule is O=C(O)C[C@@H](CCOc1ccc(Cl)cc1)C(=O)NC1Cc2ccccccn(c2)CCC(=O)CCNC1=O. The highest BCUT2D eigenvalue weighted by Gasteiger charge is 2.28. The van der Waals surface area contributed by atoms with Crippen LogP contribution in [0.5, 0.6) is 5.75 Å². The molecule has 1 aliphatic heterocycles. The number of ether oxygens (including phenoxy) is 1. The number of carbonyl (C=O) groups is 4. The number of ketones is 1. The van der Waals surface area contributed by atoms with Crippen molar-refractivity contribution in [2.45, 2.75) is 44.7 Å². The maximum Gasteiger partial charge on any atom is 0.304 e. The Morgan fingerprint density at radius 3 is 2.63 bits per heavy atom. The first kappa shape index (κ1) is 28.7. The van der Waals surface area contributed by atoms with E-state index < -0.39 is 36.2 Å². The first-order chi connectivity index (χ1) is 18.3. The molecule has 1 aromatic heterocycles. The normalized spacial score (nSPS) is 16.6. The van der Waals surface area contributed by atoms with Crippen LogP contribution in [-0.4, -0.2) is 52.4 Å². The van der Waals surface area contributed by atoms with E-state index in [1.165, 1.54) is 0 Å². The summed E-state index contributed by atoms with van der Waals surface area (Å²) in [5.74, 6) is -2.48. The fourth-order valence-electron chi connectivity index (χ4n) is 3.97. The summed E-state index contributed by atoms with van der Waals surface area (Å²) >= 11 is 5.88. The predicted octanol–water partition coefficient (Wildman–Crippen LogP) is 3.33. The quantitative estimate of drug-likeness (QED) is 0.470. The summed E-state index contributed by atoms with van der Waals surface area (Å²) in [6.45, 7) is 0.747. The van der Waals surface area contributed by atoms with E-state index in [0.717, 1.165) is 5.56 Å². The molecule has 2 aromatic rings. The second kappa shape index (κ2) is 14.8. The van der Waals surface area contributed by atoms with E-state index in [1.807, 2.05) is 47.3 Å². The number of aromatic nitrogens is 1. The van der Waals surface area contributed by atoms with Gasteiger partial charge in [0.25, 0.3) is 0 Å². The minimum atomic E-state index is -1.13. The Kier molecular flexibility index (Phi) is 11.2. The van der Waals surface area contributed by atoms with E-state index in [-0.39, 0.29) is 38.2 Å². The van der Waals surface area contributed by atoms with Crippen LogP contribution in [-0.2, 0) is 32.1 Å². The predicted molar refractivity (Wildman–Crippen MR) is 142 cm³/mol. The summed E-state index contributed by atoms with van der Waals surface area (Å²) in [6, 6.07) is 15.0. The van der Waals surface area contributed by atoms with Gasteiger partial charge in [-0.1, -0.05) is 35.9 Å². The molecule has 0 aliphatic carbocycles. The van der Waals surface area contributed by atoms with Gasteiger partial charge in [0.15, 0.2) is 0 Å². The van der Waals surface area contributed by atoms with Crippen LogP contribution in [0, 0.1) is 5.92 Å². The topological polar surface area (TPSA) is 127 Å². The Morgan fingerprint density at radius 1 is 1.11 bits per heavy atom. The van der Waals surface area contributed by atoms with E-state index in [2.05, 4.69) is 10.6 Å². The average Bonchev–Trinajstić information content (AvgIpc) is 2.98. The lowest BCUT2D eigenvalue weighted by Gasteiger charge is -2.22. The van der Waals surface area contributed by atoms with E-state index in [1.54, 1.807) is 24.3 Å². The number of Topliss-reactive ketones (excluding diaryl/α,β-unsaturated/α-hetero) is 1. The van der Waals surface area contributed by atoms with Crippen LogP contribution in [0.25, 0.3) is 0 Å². The van der Waals surface area contributed by atoms with Crippen molar-refractivity contribution in [1.82, 2.24) is 15.2 Å². The average molecular weight is 542 g/mol. The maximum absolute atomic E-state index is 13.2. The van der Waals surface area contributed by atoms with Crippen molar-refractivity contribution >= 4 is 35.2 Å². The van der Waals surface area contributed by atoms with E-state index >= 15 is 0 Å². The third kappa shape index (κ3) is 9.89. The lowest BCUT2D eigenvalue weighted by Crippen LogP contribution is -2.50. The van der Waals surface area contributed by atoms with Crippen molar-refractivity contribution in [3.63, 3.8) is 0 Å². The van der Waals surface area contributed by atoms with Gasteiger partial charge in [-0.3, -0.25) is 19.2 Å². The number of aryl methyl sites for hydroxylation is 1. The smallest absolute Gasteiger partial charge is 0.304 e. The number of carboxylic acid groups (broad SMARTS) is 1. The summed E-state index contributed by atoms with van der Waals surface area (Å²) in [4.78, 5) is 50.0. The van der Waals surface area contributed by atoms with Crippen LogP contribution < -0.4 is 15.4 Å². The molecule has 2 atom stereocenters. The van der Waals surface area contributed by atoms with Gasteiger partial charge < -0.3 is 25.0 Å². The molecular formula is C28H32ClN3O6. The van der Waals surface area contributed by atoms with Gasteiger partial charge in [-0.15, -0.1) is 0 Å². The number of benzene rings is 1. The van der Waals surface area contributed by atoms with Crippen molar-refractivity contribution in [2.75, 3.05) is 13.2 Å². The third-order valence-electron chi connectivity index (χ3n) is 6.02. The molecule has 10 heteroatoms. The number of rotatable bonds is 8. The van der Waals surface area contributed by atoms with Crippen LogP contribution >= 0.6 is 11.6 Å². The van der Waals surface area contributed by atoms with Gasteiger partial charge in [0.1, 0.15) is 17.6 Å². The first-order valence-electron chi connectivity index (χ1n) is 12.5. The molecule has 1 unspecified atom stereocenters. The zero-order chi connectivity index (χ0) is 27.3. The Hall–Kier alpha value is -3.85. The monoisotopic (exact) mass is 541 g/mol. The largest absolute Gasteiger partial charge is 0.494 e. The summed E-state index contributed by atoms with van der Waals surface area (Å²) < 4.78 is 7.53. The van der Waals surface area contributed by atoms with Crippen LogP contribution in [0.4, 0.5) is 0 Å². The molecule has 0 radical (unpaired) electrons. The molecule has 0 spiro atoms. The molecule has 0 saturated carbocycles. The Labute approximate surface area is 226 Å². The van der Waals surface area contributed by atoms with Gasteiger partial charge in [-0.25, -0.2) is 0 Å². The van der Waals surface area contributed by atoms with Crippen molar-refractivity contribution < 1.29 is 29.0 Å². The molecule has 0 saturated heterocycles. The molecule has 3 N–H and O–H groups in total. The van der Waals surface area contributed by atoms with Crippen molar-refractivity contribution in [2.24, 2.45) is 5.92 Å². The molecule has 38 heavy (non-hydrogen) atoms. The zero-order valence-electron chi connectivity index (χ0n) is 21.0. The van der Waals surface area contributed by atoms with Gasteiger partial charge in [-0.2, -0.15) is 0 Å². The van der Waals surface area contributed by atoms with Crippen molar-refractivity contribution in [3.8, 4) is 5.75 Å². The summed E-state index contributed by atoms with van der Waals surface area (Å²) in [5, 5.41) is 15.4. The summed E-state index contributed by atoms with van der Waals surface area (Å²) in [5.41, 5.74) is 0.760. The molecule has 2 heterocycles. The number of halogens is 1. The Balaban J connectivity index is 1.78. The standard InChI is InChI=1S/C28H32ClN3O6/c29-22-6-8-24(9-7-22)38-16-12-21(18-26(34)35)27(36)31-25-17-20-5-3-1-2-4-14-32(19-20)15-11-23(33)10-13-30-28(25)37/h1-9,14,19,21,25H,10-13,15-18H2,(H,30,37)(H,31,36)(H,34,35)/t21-,25?/m1/s1. The lowest BCUT2D eigenvalue weighted by atomic mass is 9.99. The first-order valence-corrected chi connectivity index (χ1v) is 12.9. The highest BCUT2D eigenvalue weighted by molar-refractivity contribution is 6.30. The fraction of sp³-hybridized carbons (Fsp3) is 0.357. The Morgan fingerprint density at radius 2 is 1.87 bits per heavy atom. The number of carbonyl (C=O) groups excluding carboxylic acids is 3. The number of nitrogens with one attached hydrogen (secondary N) is 2. The van der Waals surface area contributed by atoms with Crippen LogP contribution in [0.15, 0.2) is 67.0 Å². The molecule has 1 aromatic carbocycles. The van der Waals surface area contributed by atoms with Gasteiger partial charge in [0.2, 0.25) is 11.8 Å². The number of carboxylic acids is 1. The summed E-state index contributed by atoms with van der Waals surface area (Å²) in [6.07, 6.45) is 4.12. The van der Waals surface area contributed by atoms with E-state index in [0.29, 0.717) is 23.7 Å². The van der Waals surface area contributed by atoms with E-state index in [9.17, 15) is 24.3 Å². The Bertz CT molecular complexity index is 1180. The molecule has 1 aliphatic rings. The maximum atomic E-state index is 13.2. The van der Waals surface area contributed by atoms with Crippen LogP contribution in [0.1, 0.15) is 31.2 Å². The highest BCUT2D eigenvalue weighted by atomic mass is 35.5. The molecule has 2 bridgehead atoms. The number of hydrogen-bond donors (Lipinski definition) is 3. The minimum Gasteiger partial charge on any atom is -0.494 e. The second-order valence-corrected chi connectivity index (χ2v) is 9.44. The minimum absolute atomic E-state index is 0.0166. The van der Waals surface area contributed by atoms with Gasteiger partial charge in [0.05, 0.1) is 18.9 Å². The van der Waals surface area contributed by atoms with Crippen molar-refractivity contribution in [1.29, 1.82) is 0 Å². The van der Waals surface area contributed by atoms with Gasteiger partial charge in [0, 0.05) is 49.8 Å². The molecule has 9 nitrogen and oxygen atoms in total. The third-order valence-corrected chi connectivity index (χ3v) is 6.27. The second-order valence-electron chi connectivity index (χ2n) is 9.01. The zero-order valence-corrected chi connectivity index (χ0v) is 21.7. The number of fused-ring (bicyclic) bond motifs is 2. The molecule has 2 amide bonds. The fourth-order valence-corrected chi connectivity index (χ4v) is 4.10. The molecule has 3 rings (SSSR count). The lowest BCUT2D eigenvalue weighted by molar-refractivity contribution is -0.141. The number of aliphatic carboxylic acids is 1. The number of hydrogen-bond acceptors (Lipinski definition) is 5. The van der Waals surface area contributed by atoms with Crippen LogP contribution in [0.2, 0.25) is 5.02 Å². The molecule has 202 valence electrons. The summed E-state index contributed by atoms with van der Waals surface area (Å²) in [7, 11) is 0. The highest BCUT2D eigenvalue weighted by Crippen LogP contribution is 2.17.